The van der Waals surface area contributed by atoms with Crippen molar-refractivity contribution >= 4 is 27.6 Å². The van der Waals surface area contributed by atoms with Crippen LogP contribution in [-0.4, -0.2) is 32.4 Å². The minimum atomic E-state index is -3.93. The van der Waals surface area contributed by atoms with Gasteiger partial charge < -0.3 is 14.8 Å². The Hall–Kier alpha value is -3.69. The molecule has 0 atom stereocenters. The van der Waals surface area contributed by atoms with E-state index in [1.54, 1.807) is 45.0 Å². The van der Waals surface area contributed by atoms with Crippen molar-refractivity contribution in [2.75, 3.05) is 11.9 Å². The average molecular weight is 497 g/mol. The number of para-hydroxylation sites is 1. The largest absolute Gasteiger partial charge is 0.488 e. The highest BCUT2D eigenvalue weighted by Crippen LogP contribution is 2.22. The predicted octanol–water partition coefficient (Wildman–Crippen LogP) is 4.14. The van der Waals surface area contributed by atoms with Gasteiger partial charge in [0.2, 0.25) is 10.0 Å². The molecule has 35 heavy (non-hydrogen) atoms. The van der Waals surface area contributed by atoms with Gasteiger partial charge in [-0.25, -0.2) is 8.42 Å². The van der Waals surface area contributed by atoms with E-state index in [9.17, 15) is 18.0 Å². The molecule has 3 aromatic rings. The Morgan fingerprint density at radius 2 is 1.49 bits per heavy atom. The van der Waals surface area contributed by atoms with Crippen molar-refractivity contribution in [3.05, 3.63) is 90.0 Å². The number of amides is 1. The molecule has 0 radical (unpaired) electrons. The zero-order chi connectivity index (χ0) is 25.5. The maximum Gasteiger partial charge on any atom is 0.321 e. The quantitative estimate of drug-likeness (QED) is 0.431. The van der Waals surface area contributed by atoms with Crippen LogP contribution in [0, 0.1) is 0 Å². The number of nitrogens with one attached hydrogen (secondary N) is 2. The number of sulfonamides is 1. The molecule has 9 heteroatoms. The second-order valence-corrected chi connectivity index (χ2v) is 10.4. The van der Waals surface area contributed by atoms with Crippen molar-refractivity contribution in [2.45, 2.75) is 37.9 Å². The van der Waals surface area contributed by atoms with Crippen LogP contribution in [0.3, 0.4) is 0 Å². The fourth-order valence-corrected chi connectivity index (χ4v) is 4.02. The van der Waals surface area contributed by atoms with Crippen LogP contribution in [0.1, 0.15) is 36.7 Å². The van der Waals surface area contributed by atoms with Gasteiger partial charge in [-0.05, 0) is 62.7 Å². The lowest BCUT2D eigenvalue weighted by Gasteiger charge is -2.19. The van der Waals surface area contributed by atoms with Gasteiger partial charge in [0.1, 0.15) is 24.5 Å². The highest BCUT2D eigenvalue weighted by atomic mass is 32.2. The van der Waals surface area contributed by atoms with E-state index in [1.807, 2.05) is 30.3 Å². The van der Waals surface area contributed by atoms with E-state index in [0.717, 1.165) is 5.56 Å². The van der Waals surface area contributed by atoms with Crippen LogP contribution in [0.15, 0.2) is 83.8 Å². The molecule has 0 saturated heterocycles. The van der Waals surface area contributed by atoms with Gasteiger partial charge >= 0.3 is 5.97 Å². The number of esters is 1. The van der Waals surface area contributed by atoms with E-state index in [1.165, 1.54) is 24.3 Å². The van der Waals surface area contributed by atoms with Crippen molar-refractivity contribution in [3.63, 3.8) is 0 Å². The molecular formula is C26H28N2O6S. The minimum absolute atomic E-state index is 0.0503. The first-order valence-electron chi connectivity index (χ1n) is 10.9. The maximum atomic E-state index is 12.8. The summed E-state index contributed by atoms with van der Waals surface area (Å²) in [6.45, 7) is 4.91. The Kier molecular flexibility index (Phi) is 8.26. The first-order valence-corrected chi connectivity index (χ1v) is 12.4. The molecule has 0 spiro atoms. The van der Waals surface area contributed by atoms with Gasteiger partial charge in [0.25, 0.3) is 5.91 Å². The number of anilines is 1. The fourth-order valence-electron chi connectivity index (χ4n) is 3.05. The number of hydrogen-bond donors (Lipinski definition) is 2. The standard InChI is InChI=1S/C26H28N2O6S/c1-26(2,3)34-24(29)17-27-35(31,32)21-15-13-20(14-16-21)28-25(30)22-11-7-8-12-23(22)33-18-19-9-5-4-6-10-19/h4-16,27H,17-18H2,1-3H3,(H,28,30). The zero-order valence-corrected chi connectivity index (χ0v) is 20.6. The van der Waals surface area contributed by atoms with E-state index < -0.39 is 34.0 Å². The molecule has 184 valence electrons. The molecule has 0 aliphatic heterocycles. The SMILES string of the molecule is CC(C)(C)OC(=O)CNS(=O)(=O)c1ccc(NC(=O)c2ccccc2OCc2ccccc2)cc1. The Labute approximate surface area is 205 Å². The van der Waals surface area contributed by atoms with Crippen LogP contribution in [0.2, 0.25) is 0 Å². The van der Waals surface area contributed by atoms with Crippen molar-refractivity contribution < 1.29 is 27.5 Å². The Bertz CT molecular complexity index is 1270. The highest BCUT2D eigenvalue weighted by molar-refractivity contribution is 7.89. The third-order valence-corrected chi connectivity index (χ3v) is 6.04. The Morgan fingerprint density at radius 3 is 2.14 bits per heavy atom. The highest BCUT2D eigenvalue weighted by Gasteiger charge is 2.20. The molecule has 0 heterocycles. The van der Waals surface area contributed by atoms with Gasteiger partial charge in [-0.1, -0.05) is 42.5 Å². The maximum absolute atomic E-state index is 12.8. The lowest BCUT2D eigenvalue weighted by Crippen LogP contribution is -2.34. The summed E-state index contributed by atoms with van der Waals surface area (Å²) >= 11 is 0. The normalized spacial score (nSPS) is 11.5. The Balaban J connectivity index is 1.62. The van der Waals surface area contributed by atoms with Gasteiger partial charge in [0.05, 0.1) is 10.5 Å². The topological polar surface area (TPSA) is 111 Å². The van der Waals surface area contributed by atoms with E-state index in [4.69, 9.17) is 9.47 Å². The summed E-state index contributed by atoms with van der Waals surface area (Å²) < 4.78 is 38.1. The zero-order valence-electron chi connectivity index (χ0n) is 19.8. The van der Waals surface area contributed by atoms with Crippen LogP contribution < -0.4 is 14.8 Å². The molecule has 0 aromatic heterocycles. The molecule has 3 aromatic carbocycles. The lowest BCUT2D eigenvalue weighted by molar-refractivity contribution is -0.153. The number of rotatable bonds is 9. The molecular weight excluding hydrogens is 468 g/mol. The smallest absolute Gasteiger partial charge is 0.321 e. The van der Waals surface area contributed by atoms with Gasteiger partial charge in [0, 0.05) is 5.69 Å². The molecule has 2 N–H and O–H groups in total. The van der Waals surface area contributed by atoms with Crippen LogP contribution in [0.5, 0.6) is 5.75 Å². The molecule has 0 aliphatic rings. The number of hydrogen-bond acceptors (Lipinski definition) is 6. The van der Waals surface area contributed by atoms with E-state index in [-0.39, 0.29) is 4.90 Å². The first kappa shape index (κ1) is 25.9. The van der Waals surface area contributed by atoms with Gasteiger partial charge in [-0.15, -0.1) is 0 Å². The molecule has 0 saturated carbocycles. The molecule has 0 bridgehead atoms. The number of ether oxygens (including phenoxy) is 2. The van der Waals surface area contributed by atoms with E-state index >= 15 is 0 Å². The summed E-state index contributed by atoms with van der Waals surface area (Å²) in [6, 6.07) is 22.1. The second kappa shape index (κ2) is 11.2. The average Bonchev–Trinajstić information content (AvgIpc) is 2.82. The summed E-state index contributed by atoms with van der Waals surface area (Å²) in [7, 11) is -3.93. The van der Waals surface area contributed by atoms with E-state index in [0.29, 0.717) is 23.6 Å². The Morgan fingerprint density at radius 1 is 0.857 bits per heavy atom. The second-order valence-electron chi connectivity index (χ2n) is 8.66. The predicted molar refractivity (Wildman–Crippen MR) is 133 cm³/mol. The summed E-state index contributed by atoms with van der Waals surface area (Å²) in [6.07, 6.45) is 0. The summed E-state index contributed by atoms with van der Waals surface area (Å²) in [4.78, 5) is 24.6. The van der Waals surface area contributed by atoms with Crippen molar-refractivity contribution in [1.82, 2.24) is 4.72 Å². The van der Waals surface area contributed by atoms with Crippen LogP contribution in [-0.2, 0) is 26.2 Å². The molecule has 0 aliphatic carbocycles. The third-order valence-electron chi connectivity index (χ3n) is 4.62. The van der Waals surface area contributed by atoms with Crippen molar-refractivity contribution in [2.24, 2.45) is 0 Å². The number of carbonyl (C=O) groups excluding carboxylic acids is 2. The minimum Gasteiger partial charge on any atom is -0.488 e. The molecule has 8 nitrogen and oxygen atoms in total. The number of benzene rings is 3. The van der Waals surface area contributed by atoms with Crippen LogP contribution in [0.4, 0.5) is 5.69 Å². The van der Waals surface area contributed by atoms with Gasteiger partial charge in [0.15, 0.2) is 0 Å². The summed E-state index contributed by atoms with van der Waals surface area (Å²) in [5.41, 5.74) is 1.01. The first-order chi connectivity index (χ1) is 16.5. The third kappa shape index (κ3) is 7.94. The fraction of sp³-hybridized carbons (Fsp3) is 0.231. The van der Waals surface area contributed by atoms with Crippen LogP contribution in [0.25, 0.3) is 0 Å². The molecule has 0 fully saturated rings. The molecule has 3 rings (SSSR count). The number of carbonyl (C=O) groups is 2. The molecule has 1 amide bonds. The monoisotopic (exact) mass is 496 g/mol. The summed E-state index contributed by atoms with van der Waals surface area (Å²) in [5.74, 6) is -0.648. The van der Waals surface area contributed by atoms with Gasteiger partial charge in [-0.2, -0.15) is 4.72 Å². The van der Waals surface area contributed by atoms with Crippen molar-refractivity contribution in [1.29, 1.82) is 0 Å². The molecule has 0 unspecified atom stereocenters. The van der Waals surface area contributed by atoms with Gasteiger partial charge in [-0.3, -0.25) is 9.59 Å². The van der Waals surface area contributed by atoms with Crippen molar-refractivity contribution in [3.8, 4) is 5.75 Å². The lowest BCUT2D eigenvalue weighted by atomic mass is 10.1. The summed E-state index contributed by atoms with van der Waals surface area (Å²) in [5, 5.41) is 2.74. The van der Waals surface area contributed by atoms with Crippen LogP contribution >= 0.6 is 0 Å². The van der Waals surface area contributed by atoms with E-state index in [2.05, 4.69) is 10.0 Å².